The van der Waals surface area contributed by atoms with Crippen LogP contribution in [0.5, 0.6) is 0 Å². The molecule has 1 aromatic carbocycles. The first-order chi connectivity index (χ1) is 10.2. The second-order valence-electron chi connectivity index (χ2n) is 4.92. The van der Waals surface area contributed by atoms with Gasteiger partial charge in [0.05, 0.1) is 4.99 Å². The van der Waals surface area contributed by atoms with E-state index in [0.717, 1.165) is 18.2 Å². The molecule has 22 heavy (non-hydrogen) atoms. The van der Waals surface area contributed by atoms with Gasteiger partial charge in [-0.15, -0.1) is 0 Å². The molecule has 1 aliphatic heterocycles. The fourth-order valence-electron chi connectivity index (χ4n) is 2.40. The van der Waals surface area contributed by atoms with Crippen LogP contribution in [0.25, 0.3) is 0 Å². The number of halogens is 4. The highest BCUT2D eigenvalue weighted by Crippen LogP contribution is 2.45. The summed E-state index contributed by atoms with van der Waals surface area (Å²) in [5.41, 5.74) is -3.47. The molecular weight excluding hydrogens is 324 g/mol. The Bertz CT molecular complexity index is 626. The number of rotatable bonds is 3. The molecule has 0 radical (unpaired) electrons. The van der Waals surface area contributed by atoms with Gasteiger partial charge in [0.25, 0.3) is 5.92 Å². The summed E-state index contributed by atoms with van der Waals surface area (Å²) in [5.74, 6) is -4.67. The Morgan fingerprint density at radius 1 is 1.45 bits per heavy atom. The van der Waals surface area contributed by atoms with Gasteiger partial charge in [0.1, 0.15) is 12.5 Å². The van der Waals surface area contributed by atoms with Crippen LogP contribution in [-0.4, -0.2) is 28.8 Å². The number of nitrogens with one attached hydrogen (secondary N) is 2. The summed E-state index contributed by atoms with van der Waals surface area (Å²) < 4.78 is 56.2. The Morgan fingerprint density at radius 3 is 2.73 bits per heavy atom. The zero-order valence-corrected chi connectivity index (χ0v) is 11.9. The third-order valence-electron chi connectivity index (χ3n) is 3.52. The first kappa shape index (κ1) is 16.5. The molecule has 120 valence electrons. The number of benzene rings is 1. The first-order valence-electron chi connectivity index (χ1n) is 6.26. The molecule has 1 fully saturated rings. The molecule has 2 rings (SSSR count). The molecule has 1 saturated heterocycles. The van der Waals surface area contributed by atoms with E-state index in [1.165, 1.54) is 0 Å². The van der Waals surface area contributed by atoms with Gasteiger partial charge in [-0.05, 0) is 18.2 Å². The molecule has 1 atom stereocenters. The van der Waals surface area contributed by atoms with Crippen LogP contribution in [0.3, 0.4) is 0 Å². The Kier molecular flexibility index (Phi) is 4.28. The molecule has 0 saturated carbocycles. The van der Waals surface area contributed by atoms with Crippen LogP contribution in [0.4, 0.5) is 28.0 Å². The second kappa shape index (κ2) is 5.71. The number of carboxylic acid groups (broad SMARTS) is 1. The van der Waals surface area contributed by atoms with Crippen molar-refractivity contribution in [1.82, 2.24) is 5.32 Å². The lowest BCUT2D eigenvalue weighted by Gasteiger charge is -2.44. The maximum atomic E-state index is 14.3. The van der Waals surface area contributed by atoms with Crippen molar-refractivity contribution in [3.8, 4) is 0 Å². The van der Waals surface area contributed by atoms with Crippen LogP contribution < -0.4 is 10.6 Å². The van der Waals surface area contributed by atoms with Crippen molar-refractivity contribution in [2.45, 2.75) is 24.3 Å². The maximum absolute atomic E-state index is 14.3. The van der Waals surface area contributed by atoms with Gasteiger partial charge in [0.2, 0.25) is 0 Å². The number of thiocarbonyl (C=S) groups is 1. The summed E-state index contributed by atoms with van der Waals surface area (Å²) in [7, 11) is 0. The minimum atomic E-state index is -3.59. The topological polar surface area (TPSA) is 61.4 Å². The Labute approximate surface area is 128 Å². The molecule has 0 unspecified atom stereocenters. The van der Waals surface area contributed by atoms with Crippen LogP contribution >= 0.6 is 12.2 Å². The fraction of sp³-hybridized carbons (Fsp3) is 0.385. The summed E-state index contributed by atoms with van der Waals surface area (Å²) in [6.07, 6.45) is -2.32. The fourth-order valence-corrected chi connectivity index (χ4v) is 2.67. The molecule has 1 aromatic rings. The third-order valence-corrected chi connectivity index (χ3v) is 3.83. The van der Waals surface area contributed by atoms with Crippen LogP contribution in [0.15, 0.2) is 18.2 Å². The molecule has 0 bridgehead atoms. The van der Waals surface area contributed by atoms with Crippen LogP contribution in [-0.2, 0) is 5.54 Å². The van der Waals surface area contributed by atoms with Gasteiger partial charge in [-0.3, -0.25) is 5.32 Å². The third kappa shape index (κ3) is 2.72. The SMILES string of the molecule is O=C(O)Nc1ccc(F)c([C@@]2(CF)NC(=S)CCC2(F)F)c1. The minimum Gasteiger partial charge on any atom is -0.465 e. The predicted molar refractivity (Wildman–Crippen MR) is 75.6 cm³/mol. The number of anilines is 1. The number of alkyl halides is 3. The monoisotopic (exact) mass is 336 g/mol. The van der Waals surface area contributed by atoms with E-state index in [1.807, 2.05) is 5.32 Å². The van der Waals surface area contributed by atoms with Crippen LogP contribution in [0.1, 0.15) is 18.4 Å². The number of carbonyl (C=O) groups is 1. The van der Waals surface area contributed by atoms with E-state index in [-0.39, 0.29) is 17.1 Å². The summed E-state index contributed by atoms with van der Waals surface area (Å²) in [6.45, 7) is -1.60. The smallest absolute Gasteiger partial charge is 0.409 e. The van der Waals surface area contributed by atoms with E-state index < -0.39 is 42.0 Å². The van der Waals surface area contributed by atoms with E-state index in [2.05, 4.69) is 5.32 Å². The average Bonchev–Trinajstić information content (AvgIpc) is 2.43. The zero-order chi connectivity index (χ0) is 16.5. The molecule has 9 heteroatoms. The van der Waals surface area contributed by atoms with E-state index in [9.17, 15) is 22.4 Å². The van der Waals surface area contributed by atoms with Crippen LogP contribution in [0.2, 0.25) is 0 Å². The first-order valence-corrected chi connectivity index (χ1v) is 6.67. The molecule has 0 aliphatic carbocycles. The molecular formula is C13H12F4N2O2S. The normalized spacial score (nSPS) is 23.7. The highest BCUT2D eigenvalue weighted by Gasteiger charge is 2.58. The molecule has 1 heterocycles. The van der Waals surface area contributed by atoms with Gasteiger partial charge in [-0.25, -0.2) is 22.4 Å². The lowest BCUT2D eigenvalue weighted by Crippen LogP contribution is -2.62. The largest absolute Gasteiger partial charge is 0.465 e. The van der Waals surface area contributed by atoms with Gasteiger partial charge in [0.15, 0.2) is 5.54 Å². The minimum absolute atomic E-state index is 0.000396. The van der Waals surface area contributed by atoms with Gasteiger partial charge in [0, 0.05) is 24.1 Å². The summed E-state index contributed by atoms with van der Waals surface area (Å²) in [5, 5.41) is 12.8. The standard InChI is InChI=1S/C13H12F4N2O2S/c14-6-12(13(16,17)4-3-10(22)19-12)8-5-7(18-11(20)21)1-2-9(8)15/h1-2,5,18H,3-4,6H2,(H,19,22)(H,20,21)/t12-/m1/s1. The molecule has 0 aromatic heterocycles. The second-order valence-corrected chi connectivity index (χ2v) is 5.41. The number of hydrogen-bond acceptors (Lipinski definition) is 2. The summed E-state index contributed by atoms with van der Waals surface area (Å²) in [6, 6.07) is 2.70. The number of piperidine rings is 1. The van der Waals surface area contributed by atoms with Gasteiger partial charge in [-0.1, -0.05) is 12.2 Å². The van der Waals surface area contributed by atoms with E-state index in [1.54, 1.807) is 0 Å². The predicted octanol–water partition coefficient (Wildman–Crippen LogP) is 3.43. The van der Waals surface area contributed by atoms with Gasteiger partial charge < -0.3 is 10.4 Å². The van der Waals surface area contributed by atoms with E-state index >= 15 is 0 Å². The van der Waals surface area contributed by atoms with Gasteiger partial charge >= 0.3 is 6.09 Å². The lowest BCUT2D eigenvalue weighted by atomic mass is 9.79. The Hall–Kier alpha value is -1.90. The van der Waals surface area contributed by atoms with Crippen molar-refractivity contribution < 1.29 is 27.5 Å². The summed E-state index contributed by atoms with van der Waals surface area (Å²) in [4.78, 5) is 10.6. The highest BCUT2D eigenvalue weighted by atomic mass is 32.1. The summed E-state index contributed by atoms with van der Waals surface area (Å²) >= 11 is 4.83. The quantitative estimate of drug-likeness (QED) is 0.585. The number of hydrogen-bond donors (Lipinski definition) is 3. The number of amides is 1. The van der Waals surface area contributed by atoms with Crippen molar-refractivity contribution in [1.29, 1.82) is 0 Å². The van der Waals surface area contributed by atoms with Crippen molar-refractivity contribution in [3.63, 3.8) is 0 Å². The van der Waals surface area contributed by atoms with Crippen molar-refractivity contribution in [2.24, 2.45) is 0 Å². The Balaban J connectivity index is 2.58. The van der Waals surface area contributed by atoms with Crippen molar-refractivity contribution in [3.05, 3.63) is 29.6 Å². The molecule has 0 spiro atoms. The average molecular weight is 336 g/mol. The lowest BCUT2D eigenvalue weighted by molar-refractivity contribution is -0.109. The maximum Gasteiger partial charge on any atom is 0.409 e. The molecule has 3 N–H and O–H groups in total. The van der Waals surface area contributed by atoms with Crippen molar-refractivity contribution in [2.75, 3.05) is 12.0 Å². The molecule has 4 nitrogen and oxygen atoms in total. The Morgan fingerprint density at radius 2 is 2.14 bits per heavy atom. The van der Waals surface area contributed by atoms with Gasteiger partial charge in [-0.2, -0.15) is 0 Å². The highest BCUT2D eigenvalue weighted by molar-refractivity contribution is 7.80. The molecule has 1 amide bonds. The van der Waals surface area contributed by atoms with Crippen LogP contribution in [0, 0.1) is 5.82 Å². The molecule has 1 aliphatic rings. The van der Waals surface area contributed by atoms with E-state index in [0.29, 0.717) is 0 Å². The van der Waals surface area contributed by atoms with Crippen molar-refractivity contribution >= 4 is 29.0 Å². The zero-order valence-electron chi connectivity index (χ0n) is 11.1. The van der Waals surface area contributed by atoms with E-state index in [4.69, 9.17) is 17.3 Å².